The van der Waals surface area contributed by atoms with Gasteiger partial charge in [0.2, 0.25) is 0 Å². The number of nitrogens with zero attached hydrogens (tertiary/aromatic N) is 2. The second kappa shape index (κ2) is 8.08. The molecular formula is C16H26N4O2S. The van der Waals surface area contributed by atoms with Crippen molar-refractivity contribution in [2.24, 2.45) is 0 Å². The van der Waals surface area contributed by atoms with E-state index in [0.29, 0.717) is 17.7 Å². The molecule has 23 heavy (non-hydrogen) atoms. The van der Waals surface area contributed by atoms with Gasteiger partial charge < -0.3 is 15.3 Å². The highest BCUT2D eigenvalue weighted by molar-refractivity contribution is 7.13. The molecule has 0 bridgehead atoms. The van der Waals surface area contributed by atoms with Crippen molar-refractivity contribution in [3.05, 3.63) is 11.1 Å². The number of nitrogens with one attached hydrogen (secondary N) is 2. The molecule has 0 radical (unpaired) electrons. The molecule has 2 fully saturated rings. The van der Waals surface area contributed by atoms with E-state index in [1.807, 2.05) is 5.38 Å². The van der Waals surface area contributed by atoms with Crippen LogP contribution < -0.4 is 10.6 Å². The Morgan fingerprint density at radius 3 is 2.70 bits per heavy atom. The smallest absolute Gasteiger partial charge is 0.410 e. The Bertz CT molecular complexity index is 508. The standard InChI is InChI=1S/C16H26N4O2S/c21-16(22)19-15-18-13(11-23-15)10-17-12-6-8-20(9-7-12)14-4-2-1-3-5-14/h11-12,14,17H,1-10H2,(H,18,19)(H,21,22). The maximum Gasteiger partial charge on any atom is 0.410 e. The number of amides is 1. The molecule has 3 N–H and O–H groups in total. The minimum Gasteiger partial charge on any atom is -0.465 e. The second-order valence-electron chi connectivity index (χ2n) is 6.56. The zero-order valence-electron chi connectivity index (χ0n) is 13.5. The van der Waals surface area contributed by atoms with Gasteiger partial charge in [-0.05, 0) is 38.8 Å². The summed E-state index contributed by atoms with van der Waals surface area (Å²) < 4.78 is 0. The van der Waals surface area contributed by atoms with E-state index < -0.39 is 6.09 Å². The van der Waals surface area contributed by atoms with Gasteiger partial charge in [0, 0.05) is 24.0 Å². The van der Waals surface area contributed by atoms with Crippen molar-refractivity contribution in [2.75, 3.05) is 18.4 Å². The molecule has 7 heteroatoms. The number of carbonyl (C=O) groups is 1. The molecule has 6 nitrogen and oxygen atoms in total. The second-order valence-corrected chi connectivity index (χ2v) is 7.42. The number of hydrogen-bond donors (Lipinski definition) is 3. The minimum absolute atomic E-state index is 0.446. The van der Waals surface area contributed by atoms with E-state index in [9.17, 15) is 4.79 Å². The molecule has 128 valence electrons. The number of aromatic nitrogens is 1. The average Bonchev–Trinajstić information content (AvgIpc) is 3.01. The summed E-state index contributed by atoms with van der Waals surface area (Å²) >= 11 is 1.33. The van der Waals surface area contributed by atoms with E-state index in [0.717, 1.165) is 11.7 Å². The molecule has 1 saturated heterocycles. The van der Waals surface area contributed by atoms with Gasteiger partial charge in [-0.1, -0.05) is 19.3 Å². The van der Waals surface area contributed by atoms with Gasteiger partial charge in [-0.2, -0.15) is 0 Å². The first kappa shape index (κ1) is 16.7. The molecule has 1 aliphatic carbocycles. The van der Waals surface area contributed by atoms with Crippen LogP contribution in [0.15, 0.2) is 5.38 Å². The van der Waals surface area contributed by atoms with Crippen LogP contribution in [0.2, 0.25) is 0 Å². The predicted octanol–water partition coefficient (Wildman–Crippen LogP) is 3.12. The molecule has 2 heterocycles. The number of likely N-dealkylation sites (tertiary alicyclic amines) is 1. The average molecular weight is 338 g/mol. The van der Waals surface area contributed by atoms with E-state index in [1.165, 1.54) is 69.4 Å². The summed E-state index contributed by atoms with van der Waals surface area (Å²) in [5.41, 5.74) is 0.911. The summed E-state index contributed by atoms with van der Waals surface area (Å²) in [4.78, 5) is 17.5. The molecule has 0 atom stereocenters. The van der Waals surface area contributed by atoms with Crippen LogP contribution in [-0.2, 0) is 6.54 Å². The molecule has 3 rings (SSSR count). The Balaban J connectivity index is 1.38. The first-order chi connectivity index (χ1) is 11.2. The molecule has 0 aromatic carbocycles. The molecule has 1 aliphatic heterocycles. The molecule has 1 saturated carbocycles. The fourth-order valence-corrected chi connectivity index (χ4v) is 4.40. The fourth-order valence-electron chi connectivity index (χ4n) is 3.70. The van der Waals surface area contributed by atoms with Gasteiger partial charge in [0.25, 0.3) is 0 Å². The highest BCUT2D eigenvalue weighted by Crippen LogP contribution is 2.25. The molecular weight excluding hydrogens is 312 g/mol. The Hall–Kier alpha value is -1.18. The summed E-state index contributed by atoms with van der Waals surface area (Å²) in [6, 6.07) is 1.38. The van der Waals surface area contributed by atoms with Crippen LogP contribution in [0.25, 0.3) is 0 Å². The quantitative estimate of drug-likeness (QED) is 0.769. The van der Waals surface area contributed by atoms with Crippen molar-refractivity contribution in [3.63, 3.8) is 0 Å². The molecule has 1 aromatic heterocycles. The Morgan fingerprint density at radius 1 is 1.26 bits per heavy atom. The number of thiazole rings is 1. The van der Waals surface area contributed by atoms with Crippen LogP contribution in [0, 0.1) is 0 Å². The zero-order valence-corrected chi connectivity index (χ0v) is 14.3. The third kappa shape index (κ3) is 4.89. The maximum atomic E-state index is 10.6. The van der Waals surface area contributed by atoms with Gasteiger partial charge in [0.05, 0.1) is 5.69 Å². The Morgan fingerprint density at radius 2 is 2.00 bits per heavy atom. The lowest BCUT2D eigenvalue weighted by Crippen LogP contribution is -2.47. The minimum atomic E-state index is -1.06. The molecule has 1 amide bonds. The van der Waals surface area contributed by atoms with Gasteiger partial charge in [-0.15, -0.1) is 11.3 Å². The SMILES string of the molecule is O=C(O)Nc1nc(CNC2CCN(C3CCCCC3)CC2)cs1. The van der Waals surface area contributed by atoms with Gasteiger partial charge in [0.15, 0.2) is 5.13 Å². The fraction of sp³-hybridized carbons (Fsp3) is 0.750. The van der Waals surface area contributed by atoms with Crippen LogP contribution in [0.1, 0.15) is 50.6 Å². The van der Waals surface area contributed by atoms with E-state index in [-0.39, 0.29) is 0 Å². The molecule has 1 aromatic rings. The molecule has 0 unspecified atom stereocenters. The first-order valence-electron chi connectivity index (χ1n) is 8.62. The first-order valence-corrected chi connectivity index (χ1v) is 9.50. The van der Waals surface area contributed by atoms with Gasteiger partial charge in [0.1, 0.15) is 0 Å². The van der Waals surface area contributed by atoms with Crippen LogP contribution in [0.3, 0.4) is 0 Å². The van der Waals surface area contributed by atoms with E-state index in [4.69, 9.17) is 5.11 Å². The monoisotopic (exact) mass is 338 g/mol. The lowest BCUT2D eigenvalue weighted by molar-refractivity contribution is 0.115. The molecule has 0 spiro atoms. The number of hydrogen-bond acceptors (Lipinski definition) is 5. The lowest BCUT2D eigenvalue weighted by atomic mass is 9.92. The van der Waals surface area contributed by atoms with E-state index in [2.05, 4.69) is 20.5 Å². The number of piperidine rings is 1. The summed E-state index contributed by atoms with van der Waals surface area (Å²) in [7, 11) is 0. The van der Waals surface area contributed by atoms with Gasteiger partial charge in [-0.3, -0.25) is 5.32 Å². The normalized spacial score (nSPS) is 21.4. The van der Waals surface area contributed by atoms with Gasteiger partial charge in [-0.25, -0.2) is 9.78 Å². The summed E-state index contributed by atoms with van der Waals surface area (Å²) in [5.74, 6) is 0. The third-order valence-corrected chi connectivity index (χ3v) is 5.76. The van der Waals surface area contributed by atoms with E-state index >= 15 is 0 Å². The van der Waals surface area contributed by atoms with Crippen LogP contribution in [0.5, 0.6) is 0 Å². The van der Waals surface area contributed by atoms with Crippen LogP contribution >= 0.6 is 11.3 Å². The number of rotatable bonds is 5. The van der Waals surface area contributed by atoms with Gasteiger partial charge >= 0.3 is 6.09 Å². The van der Waals surface area contributed by atoms with Crippen molar-refractivity contribution in [1.82, 2.24) is 15.2 Å². The predicted molar refractivity (Wildman–Crippen MR) is 92.1 cm³/mol. The van der Waals surface area contributed by atoms with Crippen molar-refractivity contribution in [1.29, 1.82) is 0 Å². The summed E-state index contributed by atoms with van der Waals surface area (Å²) in [6.07, 6.45) is 8.32. The zero-order chi connectivity index (χ0) is 16.1. The number of anilines is 1. The highest BCUT2D eigenvalue weighted by Gasteiger charge is 2.25. The molecule has 2 aliphatic rings. The third-order valence-electron chi connectivity index (χ3n) is 4.96. The van der Waals surface area contributed by atoms with Crippen LogP contribution in [-0.4, -0.2) is 46.3 Å². The van der Waals surface area contributed by atoms with Crippen LogP contribution in [0.4, 0.5) is 9.93 Å². The summed E-state index contributed by atoms with van der Waals surface area (Å²) in [5, 5.41) is 16.9. The van der Waals surface area contributed by atoms with Crippen molar-refractivity contribution in [2.45, 2.75) is 63.6 Å². The van der Waals surface area contributed by atoms with Crippen molar-refractivity contribution in [3.8, 4) is 0 Å². The maximum absolute atomic E-state index is 10.6. The van der Waals surface area contributed by atoms with Crippen molar-refractivity contribution >= 4 is 22.6 Å². The van der Waals surface area contributed by atoms with Crippen molar-refractivity contribution < 1.29 is 9.90 Å². The topological polar surface area (TPSA) is 77.5 Å². The Labute approximate surface area is 141 Å². The summed E-state index contributed by atoms with van der Waals surface area (Å²) in [6.45, 7) is 3.11. The largest absolute Gasteiger partial charge is 0.465 e. The highest BCUT2D eigenvalue weighted by atomic mass is 32.1. The Kier molecular flexibility index (Phi) is 5.85. The number of carboxylic acid groups (broad SMARTS) is 1. The lowest BCUT2D eigenvalue weighted by Gasteiger charge is -2.39. The van der Waals surface area contributed by atoms with E-state index in [1.54, 1.807) is 0 Å².